The fourth-order valence-electron chi connectivity index (χ4n) is 3.92. The third-order valence-electron chi connectivity index (χ3n) is 5.48. The van der Waals surface area contributed by atoms with Crippen molar-refractivity contribution in [2.24, 2.45) is 0 Å². The number of aryl methyl sites for hydroxylation is 1. The van der Waals surface area contributed by atoms with Gasteiger partial charge >= 0.3 is 6.03 Å². The van der Waals surface area contributed by atoms with Crippen LogP contribution in [0.2, 0.25) is 0 Å². The third kappa shape index (κ3) is 3.46. The number of nitrogens with zero attached hydrogens (tertiary/aromatic N) is 1. The van der Waals surface area contributed by atoms with Gasteiger partial charge in [-0.2, -0.15) is 0 Å². The van der Waals surface area contributed by atoms with Crippen LogP contribution in [0, 0.1) is 6.92 Å². The van der Waals surface area contributed by atoms with Gasteiger partial charge in [-0.25, -0.2) is 4.79 Å². The second kappa shape index (κ2) is 8.07. The quantitative estimate of drug-likeness (QED) is 0.493. The van der Waals surface area contributed by atoms with Crippen LogP contribution in [0.1, 0.15) is 27.0 Å². The van der Waals surface area contributed by atoms with Crippen LogP contribution in [-0.4, -0.2) is 36.3 Å². The number of Topliss-reactive ketones (excluding diaryl/α,β-unsaturated/α-hetero) is 1. The van der Waals surface area contributed by atoms with E-state index in [4.69, 9.17) is 4.74 Å². The summed E-state index contributed by atoms with van der Waals surface area (Å²) in [5.41, 5.74) is 1.07. The first-order valence-corrected chi connectivity index (χ1v) is 9.90. The molecule has 0 saturated carbocycles. The molecule has 1 aliphatic heterocycles. The van der Waals surface area contributed by atoms with Crippen LogP contribution in [0.5, 0.6) is 5.75 Å². The number of ketones is 1. The molecule has 1 aliphatic rings. The largest absolute Gasteiger partial charge is 0.496 e. The lowest BCUT2D eigenvalue weighted by Crippen LogP contribution is -2.45. The van der Waals surface area contributed by atoms with E-state index in [1.807, 2.05) is 49.4 Å². The van der Waals surface area contributed by atoms with Crippen molar-refractivity contribution < 1.29 is 19.1 Å². The molecule has 31 heavy (non-hydrogen) atoms. The second-order valence-corrected chi connectivity index (χ2v) is 7.43. The number of hydrogen-bond acceptors (Lipinski definition) is 4. The maximum atomic E-state index is 13.7. The minimum absolute atomic E-state index is 0.333. The molecule has 0 radical (unpaired) electrons. The minimum Gasteiger partial charge on any atom is -0.496 e. The molecule has 0 unspecified atom stereocenters. The number of imide groups is 1. The Balaban J connectivity index is 1.74. The molecule has 1 heterocycles. The molecular weight excluding hydrogens is 392 g/mol. The zero-order valence-electron chi connectivity index (χ0n) is 17.3. The molecule has 0 spiro atoms. The van der Waals surface area contributed by atoms with Gasteiger partial charge in [0.1, 0.15) is 5.75 Å². The average molecular weight is 414 g/mol. The highest BCUT2D eigenvalue weighted by atomic mass is 16.5. The van der Waals surface area contributed by atoms with Crippen molar-refractivity contribution in [1.29, 1.82) is 0 Å². The molecule has 1 saturated heterocycles. The highest BCUT2D eigenvalue weighted by Crippen LogP contribution is 2.36. The van der Waals surface area contributed by atoms with Gasteiger partial charge in [0.25, 0.3) is 5.91 Å². The summed E-state index contributed by atoms with van der Waals surface area (Å²) in [6, 6.07) is 22.7. The number of hydrogen-bond donors (Lipinski definition) is 1. The molecule has 0 atom stereocenters. The van der Waals surface area contributed by atoms with Crippen molar-refractivity contribution in [3.05, 3.63) is 101 Å². The molecule has 3 aromatic rings. The smallest absolute Gasteiger partial charge is 0.325 e. The van der Waals surface area contributed by atoms with Crippen LogP contribution in [-0.2, 0) is 10.3 Å². The van der Waals surface area contributed by atoms with Crippen LogP contribution >= 0.6 is 0 Å². The molecule has 1 N–H and O–H groups in total. The topological polar surface area (TPSA) is 75.7 Å². The van der Waals surface area contributed by atoms with E-state index in [1.54, 1.807) is 36.4 Å². The van der Waals surface area contributed by atoms with Crippen molar-refractivity contribution >= 4 is 17.7 Å². The van der Waals surface area contributed by atoms with Crippen LogP contribution in [0.3, 0.4) is 0 Å². The summed E-state index contributed by atoms with van der Waals surface area (Å²) in [6.45, 7) is 1.48. The summed E-state index contributed by atoms with van der Waals surface area (Å²) >= 11 is 0. The van der Waals surface area contributed by atoms with Crippen molar-refractivity contribution in [3.8, 4) is 5.75 Å². The summed E-state index contributed by atoms with van der Waals surface area (Å²) in [5.74, 6) is -0.462. The molecule has 0 aliphatic carbocycles. The lowest BCUT2D eigenvalue weighted by atomic mass is 9.82. The predicted molar refractivity (Wildman–Crippen MR) is 116 cm³/mol. The van der Waals surface area contributed by atoms with Crippen molar-refractivity contribution in [2.75, 3.05) is 13.7 Å². The first-order valence-electron chi connectivity index (χ1n) is 9.90. The normalized spacial score (nSPS) is 15.0. The molecule has 156 valence electrons. The molecule has 0 bridgehead atoms. The number of rotatable bonds is 6. The van der Waals surface area contributed by atoms with Crippen LogP contribution in [0.25, 0.3) is 0 Å². The first-order chi connectivity index (χ1) is 15.0. The van der Waals surface area contributed by atoms with E-state index >= 15 is 0 Å². The lowest BCUT2D eigenvalue weighted by Gasteiger charge is -2.28. The van der Waals surface area contributed by atoms with Crippen LogP contribution in [0.4, 0.5) is 4.79 Å². The van der Waals surface area contributed by atoms with Crippen molar-refractivity contribution in [2.45, 2.75) is 12.5 Å². The van der Waals surface area contributed by atoms with E-state index in [9.17, 15) is 14.4 Å². The van der Waals surface area contributed by atoms with Gasteiger partial charge in [0, 0.05) is 0 Å². The van der Waals surface area contributed by atoms with E-state index in [0.717, 1.165) is 10.5 Å². The number of carbonyl (C=O) groups excluding carboxylic acids is 3. The molecule has 3 amide bonds. The number of benzene rings is 3. The van der Waals surface area contributed by atoms with Gasteiger partial charge in [-0.15, -0.1) is 0 Å². The van der Waals surface area contributed by atoms with Gasteiger partial charge in [-0.3, -0.25) is 14.5 Å². The van der Waals surface area contributed by atoms with Gasteiger partial charge in [-0.1, -0.05) is 72.3 Å². The molecule has 3 aromatic carbocycles. The Morgan fingerprint density at radius 3 is 2.06 bits per heavy atom. The van der Waals surface area contributed by atoms with Gasteiger partial charge in [0.2, 0.25) is 0 Å². The Labute approximate surface area is 180 Å². The molecule has 0 aromatic heterocycles. The van der Waals surface area contributed by atoms with Crippen molar-refractivity contribution in [3.63, 3.8) is 0 Å². The lowest BCUT2D eigenvalue weighted by molar-refractivity contribution is -0.129. The monoisotopic (exact) mass is 414 g/mol. The van der Waals surface area contributed by atoms with Crippen LogP contribution < -0.4 is 10.1 Å². The highest BCUT2D eigenvalue weighted by Gasteiger charge is 2.54. The first kappa shape index (κ1) is 20.3. The fraction of sp³-hybridized carbons (Fsp3) is 0.160. The molecule has 6 nitrogen and oxygen atoms in total. The van der Waals surface area contributed by atoms with E-state index in [1.165, 1.54) is 7.11 Å². The second-order valence-electron chi connectivity index (χ2n) is 7.43. The Morgan fingerprint density at radius 1 is 0.935 bits per heavy atom. The van der Waals surface area contributed by atoms with Gasteiger partial charge in [-0.05, 0) is 30.2 Å². The van der Waals surface area contributed by atoms with E-state index in [0.29, 0.717) is 22.4 Å². The maximum Gasteiger partial charge on any atom is 0.325 e. The number of carbonyl (C=O) groups is 3. The highest BCUT2D eigenvalue weighted by molar-refractivity contribution is 6.13. The summed E-state index contributed by atoms with van der Waals surface area (Å²) in [6.07, 6.45) is 0. The van der Waals surface area contributed by atoms with E-state index < -0.39 is 17.5 Å². The Morgan fingerprint density at radius 2 is 1.52 bits per heavy atom. The number of methoxy groups -OCH3 is 1. The molecular formula is C25H22N2O4. The van der Waals surface area contributed by atoms with Gasteiger partial charge in [0.15, 0.2) is 11.3 Å². The average Bonchev–Trinajstić information content (AvgIpc) is 3.05. The van der Waals surface area contributed by atoms with Crippen molar-refractivity contribution in [1.82, 2.24) is 10.2 Å². The minimum atomic E-state index is -1.39. The Bertz CT molecular complexity index is 1100. The van der Waals surface area contributed by atoms with E-state index in [-0.39, 0.29) is 12.3 Å². The zero-order valence-corrected chi connectivity index (χ0v) is 17.3. The number of urea groups is 1. The number of amides is 3. The Hall–Kier alpha value is -3.93. The van der Waals surface area contributed by atoms with E-state index in [2.05, 4.69) is 5.32 Å². The van der Waals surface area contributed by atoms with Gasteiger partial charge < -0.3 is 10.1 Å². The maximum absolute atomic E-state index is 13.7. The predicted octanol–water partition coefficient (Wildman–Crippen LogP) is 3.68. The molecule has 6 heteroatoms. The van der Waals surface area contributed by atoms with Gasteiger partial charge in [0.05, 0.1) is 19.2 Å². The summed E-state index contributed by atoms with van der Waals surface area (Å²) in [7, 11) is 1.48. The number of nitrogens with one attached hydrogen (secondary N) is 1. The third-order valence-corrected chi connectivity index (χ3v) is 5.48. The standard InChI is InChI=1S/C25H22N2O4/c1-17-13-14-22(31-2)20(15-17)21(28)16-27-23(29)25(26-24(27)30,18-9-5-3-6-10-18)19-11-7-4-8-12-19/h3-15H,16H2,1-2H3,(H,26,30). The summed E-state index contributed by atoms with van der Waals surface area (Å²) < 4.78 is 5.29. The molecule has 4 rings (SSSR count). The SMILES string of the molecule is COc1ccc(C)cc1C(=O)CN1C(=O)NC(c2ccccc2)(c2ccccc2)C1=O. The fourth-order valence-corrected chi connectivity index (χ4v) is 3.92. The Kier molecular flexibility index (Phi) is 5.29. The zero-order chi connectivity index (χ0) is 22.0. The summed E-state index contributed by atoms with van der Waals surface area (Å²) in [5, 5.41) is 2.85. The number of ether oxygens (including phenoxy) is 1. The molecule has 1 fully saturated rings. The van der Waals surface area contributed by atoms with Crippen LogP contribution in [0.15, 0.2) is 78.9 Å². The summed E-state index contributed by atoms with van der Waals surface area (Å²) in [4.78, 5) is 40.7.